The summed E-state index contributed by atoms with van der Waals surface area (Å²) in [6.45, 7) is 0.666. The van der Waals surface area contributed by atoms with E-state index in [0.717, 1.165) is 0 Å². The number of aryl methyl sites for hydroxylation is 1. The van der Waals surface area contributed by atoms with Gasteiger partial charge in [0.25, 0.3) is 0 Å². The average molecular weight is 191 g/mol. The molecule has 76 valence electrons. The molecule has 2 aliphatic carbocycles. The quantitative estimate of drug-likeness (QED) is 0.771. The molecule has 3 nitrogen and oxygen atoms in total. The lowest BCUT2D eigenvalue weighted by Gasteiger charge is -2.10. The molecule has 2 N–H and O–H groups in total. The van der Waals surface area contributed by atoms with Gasteiger partial charge in [-0.1, -0.05) is 0 Å². The average Bonchev–Trinajstić information content (AvgIpc) is 2.99. The standard InChI is InChI=1S/C11H17N3/c12-7-11-9-3-1-2-4-10(9)13-14(11)8-5-6-8/h8H,1-7,12H2. The van der Waals surface area contributed by atoms with E-state index in [9.17, 15) is 0 Å². The minimum atomic E-state index is 0.666. The van der Waals surface area contributed by atoms with Gasteiger partial charge >= 0.3 is 0 Å². The Hall–Kier alpha value is -0.830. The molecule has 1 aromatic heterocycles. The van der Waals surface area contributed by atoms with Crippen molar-refractivity contribution in [2.75, 3.05) is 0 Å². The van der Waals surface area contributed by atoms with Crippen molar-refractivity contribution in [3.8, 4) is 0 Å². The zero-order valence-electron chi connectivity index (χ0n) is 8.50. The number of aromatic nitrogens is 2. The molecule has 3 heteroatoms. The first-order valence-corrected chi connectivity index (χ1v) is 5.69. The molecule has 3 rings (SSSR count). The second kappa shape index (κ2) is 3.09. The zero-order valence-corrected chi connectivity index (χ0v) is 8.50. The van der Waals surface area contributed by atoms with Crippen LogP contribution in [0.5, 0.6) is 0 Å². The van der Waals surface area contributed by atoms with Crippen molar-refractivity contribution < 1.29 is 0 Å². The predicted octanol–water partition coefficient (Wildman–Crippen LogP) is 1.56. The molecular formula is C11H17N3. The van der Waals surface area contributed by atoms with Crippen LogP contribution >= 0.6 is 0 Å². The zero-order chi connectivity index (χ0) is 9.54. The number of hydrogen-bond donors (Lipinski definition) is 1. The second-order valence-corrected chi connectivity index (χ2v) is 4.46. The minimum absolute atomic E-state index is 0.666. The molecule has 0 atom stereocenters. The molecule has 1 aromatic rings. The first-order chi connectivity index (χ1) is 6.90. The van der Waals surface area contributed by atoms with Gasteiger partial charge in [-0.05, 0) is 44.1 Å². The summed E-state index contributed by atoms with van der Waals surface area (Å²) < 4.78 is 2.22. The van der Waals surface area contributed by atoms with Crippen molar-refractivity contribution in [1.29, 1.82) is 0 Å². The van der Waals surface area contributed by atoms with Crippen LogP contribution in [0.3, 0.4) is 0 Å². The normalized spacial score (nSPS) is 20.9. The lowest BCUT2D eigenvalue weighted by molar-refractivity contribution is 0.596. The largest absolute Gasteiger partial charge is 0.325 e. The van der Waals surface area contributed by atoms with E-state index in [1.54, 1.807) is 0 Å². The molecule has 0 aromatic carbocycles. The van der Waals surface area contributed by atoms with Crippen LogP contribution in [0.15, 0.2) is 0 Å². The van der Waals surface area contributed by atoms with Gasteiger partial charge in [-0.25, -0.2) is 0 Å². The SMILES string of the molecule is NCc1c2c(nn1C1CC1)CCCC2. The topological polar surface area (TPSA) is 43.8 Å². The summed E-state index contributed by atoms with van der Waals surface area (Å²) >= 11 is 0. The third kappa shape index (κ3) is 1.19. The van der Waals surface area contributed by atoms with E-state index in [-0.39, 0.29) is 0 Å². The maximum Gasteiger partial charge on any atom is 0.0660 e. The van der Waals surface area contributed by atoms with Crippen LogP contribution in [-0.4, -0.2) is 9.78 Å². The number of fused-ring (bicyclic) bond motifs is 1. The first kappa shape index (κ1) is 8.48. The van der Waals surface area contributed by atoms with Gasteiger partial charge in [-0.3, -0.25) is 4.68 Å². The van der Waals surface area contributed by atoms with Crippen LogP contribution in [0.4, 0.5) is 0 Å². The lowest BCUT2D eigenvalue weighted by atomic mass is 9.96. The van der Waals surface area contributed by atoms with E-state index in [1.165, 1.54) is 55.5 Å². The number of hydrogen-bond acceptors (Lipinski definition) is 2. The van der Waals surface area contributed by atoms with Crippen LogP contribution in [0, 0.1) is 0 Å². The summed E-state index contributed by atoms with van der Waals surface area (Å²) in [7, 11) is 0. The van der Waals surface area contributed by atoms with E-state index in [4.69, 9.17) is 10.8 Å². The van der Waals surface area contributed by atoms with Crippen molar-refractivity contribution in [3.05, 3.63) is 17.0 Å². The van der Waals surface area contributed by atoms with E-state index in [0.29, 0.717) is 12.6 Å². The van der Waals surface area contributed by atoms with Crippen LogP contribution in [0.2, 0.25) is 0 Å². The van der Waals surface area contributed by atoms with E-state index < -0.39 is 0 Å². The molecule has 2 aliphatic rings. The van der Waals surface area contributed by atoms with Gasteiger partial charge in [0.2, 0.25) is 0 Å². The molecule has 0 unspecified atom stereocenters. The van der Waals surface area contributed by atoms with E-state index in [1.807, 2.05) is 0 Å². The summed E-state index contributed by atoms with van der Waals surface area (Å²) in [4.78, 5) is 0. The number of rotatable bonds is 2. The Balaban J connectivity index is 2.06. The highest BCUT2D eigenvalue weighted by Crippen LogP contribution is 2.37. The minimum Gasteiger partial charge on any atom is -0.325 e. The van der Waals surface area contributed by atoms with Crippen LogP contribution in [0.25, 0.3) is 0 Å². The van der Waals surface area contributed by atoms with Gasteiger partial charge < -0.3 is 5.73 Å². The summed E-state index contributed by atoms with van der Waals surface area (Å²) in [5, 5.41) is 4.72. The van der Waals surface area contributed by atoms with Gasteiger partial charge in [0.15, 0.2) is 0 Å². The Labute approximate surface area is 84.3 Å². The maximum absolute atomic E-state index is 5.82. The van der Waals surface area contributed by atoms with Gasteiger partial charge in [-0.2, -0.15) is 5.10 Å². The van der Waals surface area contributed by atoms with Gasteiger partial charge in [0.05, 0.1) is 17.4 Å². The molecule has 0 spiro atoms. The van der Waals surface area contributed by atoms with E-state index in [2.05, 4.69) is 4.68 Å². The highest BCUT2D eigenvalue weighted by Gasteiger charge is 2.29. The Morgan fingerprint density at radius 2 is 2.07 bits per heavy atom. The summed E-state index contributed by atoms with van der Waals surface area (Å²) in [5.74, 6) is 0. The first-order valence-electron chi connectivity index (χ1n) is 5.69. The van der Waals surface area contributed by atoms with Crippen molar-refractivity contribution in [2.45, 2.75) is 51.1 Å². The molecule has 14 heavy (non-hydrogen) atoms. The van der Waals surface area contributed by atoms with E-state index >= 15 is 0 Å². The third-order valence-electron chi connectivity index (χ3n) is 3.38. The molecule has 0 bridgehead atoms. The summed E-state index contributed by atoms with van der Waals surface area (Å²) in [5.41, 5.74) is 9.96. The third-order valence-corrected chi connectivity index (χ3v) is 3.38. The van der Waals surface area contributed by atoms with Gasteiger partial charge in [0.1, 0.15) is 0 Å². The van der Waals surface area contributed by atoms with Crippen molar-refractivity contribution in [1.82, 2.24) is 9.78 Å². The molecule has 0 aliphatic heterocycles. The Morgan fingerprint density at radius 3 is 2.79 bits per heavy atom. The highest BCUT2D eigenvalue weighted by atomic mass is 15.3. The Kier molecular flexibility index (Phi) is 1.87. The van der Waals surface area contributed by atoms with Crippen LogP contribution in [-0.2, 0) is 19.4 Å². The number of nitrogens with zero attached hydrogens (tertiary/aromatic N) is 2. The molecule has 0 amide bonds. The fraction of sp³-hybridized carbons (Fsp3) is 0.727. The van der Waals surface area contributed by atoms with Crippen molar-refractivity contribution in [3.63, 3.8) is 0 Å². The summed E-state index contributed by atoms with van der Waals surface area (Å²) in [6, 6.07) is 0.680. The maximum atomic E-state index is 5.82. The molecule has 0 saturated heterocycles. The van der Waals surface area contributed by atoms with Crippen molar-refractivity contribution >= 4 is 0 Å². The lowest BCUT2D eigenvalue weighted by Crippen LogP contribution is -2.09. The fourth-order valence-corrected chi connectivity index (χ4v) is 2.48. The van der Waals surface area contributed by atoms with Gasteiger partial charge in [0, 0.05) is 6.54 Å². The Morgan fingerprint density at radius 1 is 1.29 bits per heavy atom. The van der Waals surface area contributed by atoms with Crippen LogP contribution in [0.1, 0.15) is 48.7 Å². The predicted molar refractivity (Wildman–Crippen MR) is 55.0 cm³/mol. The molecule has 1 heterocycles. The molecule has 0 radical (unpaired) electrons. The highest BCUT2D eigenvalue weighted by molar-refractivity contribution is 5.29. The molecule has 1 fully saturated rings. The molecule has 1 saturated carbocycles. The van der Waals surface area contributed by atoms with Crippen LogP contribution < -0.4 is 5.73 Å². The fourth-order valence-electron chi connectivity index (χ4n) is 2.48. The van der Waals surface area contributed by atoms with Crippen molar-refractivity contribution in [2.24, 2.45) is 5.73 Å². The monoisotopic (exact) mass is 191 g/mol. The second-order valence-electron chi connectivity index (χ2n) is 4.46. The smallest absolute Gasteiger partial charge is 0.0660 e. The number of nitrogens with two attached hydrogens (primary N) is 1. The molecular weight excluding hydrogens is 174 g/mol. The Bertz CT molecular complexity index is 350. The summed E-state index contributed by atoms with van der Waals surface area (Å²) in [6.07, 6.45) is 7.59. The van der Waals surface area contributed by atoms with Gasteiger partial charge in [-0.15, -0.1) is 0 Å².